The van der Waals surface area contributed by atoms with Crippen molar-refractivity contribution in [2.75, 3.05) is 25.6 Å². The van der Waals surface area contributed by atoms with Gasteiger partial charge in [-0.2, -0.15) is 4.98 Å². The van der Waals surface area contributed by atoms with Crippen LogP contribution in [0.3, 0.4) is 0 Å². The predicted octanol–water partition coefficient (Wildman–Crippen LogP) is 4.70. The molecular formula is C27H25FN6O5S. The molecule has 0 fully saturated rings. The number of ether oxygens (including phenoxy) is 3. The Balaban J connectivity index is 1.28. The van der Waals surface area contributed by atoms with Gasteiger partial charge in [0, 0.05) is 42.2 Å². The molecule has 0 aliphatic carbocycles. The number of nitrogens with one attached hydrogen (secondary N) is 1. The smallest absolute Gasteiger partial charge is 0.412 e. The van der Waals surface area contributed by atoms with Gasteiger partial charge in [0.25, 0.3) is 5.88 Å². The summed E-state index contributed by atoms with van der Waals surface area (Å²) in [5.41, 5.74) is 4.49. The van der Waals surface area contributed by atoms with E-state index in [2.05, 4.69) is 30.2 Å². The van der Waals surface area contributed by atoms with Gasteiger partial charge in [-0.05, 0) is 43.7 Å². The van der Waals surface area contributed by atoms with Crippen LogP contribution in [-0.2, 0) is 11.2 Å². The van der Waals surface area contributed by atoms with Crippen molar-refractivity contribution in [2.24, 2.45) is 0 Å². The van der Waals surface area contributed by atoms with Crippen LogP contribution in [0.2, 0.25) is 0 Å². The second-order valence-corrected chi connectivity index (χ2v) is 9.85. The first kappa shape index (κ1) is 27.1. The van der Waals surface area contributed by atoms with E-state index in [1.807, 2.05) is 19.1 Å². The van der Waals surface area contributed by atoms with Crippen LogP contribution in [0, 0.1) is 12.7 Å². The van der Waals surface area contributed by atoms with Crippen LogP contribution in [0.4, 0.5) is 14.9 Å². The number of carbonyl (C=O) groups excluding carboxylic acids is 1. The van der Waals surface area contributed by atoms with Gasteiger partial charge >= 0.3 is 6.09 Å². The van der Waals surface area contributed by atoms with E-state index in [1.54, 1.807) is 19.1 Å². The first-order valence-corrected chi connectivity index (χ1v) is 13.1. The summed E-state index contributed by atoms with van der Waals surface area (Å²) in [4.78, 5) is 34.7. The molecule has 11 nitrogen and oxygen atoms in total. The quantitative estimate of drug-likeness (QED) is 0.259. The Bertz CT molecular complexity index is 1700. The third-order valence-corrected chi connectivity index (χ3v) is 6.71. The van der Waals surface area contributed by atoms with Crippen LogP contribution in [0.15, 0.2) is 42.7 Å². The normalized spacial score (nSPS) is 11.9. The highest BCUT2D eigenvalue weighted by atomic mass is 32.1. The topological polar surface area (TPSA) is 141 Å². The number of aliphatic hydroxyl groups is 1. The lowest BCUT2D eigenvalue weighted by Gasteiger charge is -2.15. The van der Waals surface area contributed by atoms with Crippen molar-refractivity contribution < 1.29 is 28.5 Å². The minimum absolute atomic E-state index is 0.0539. The number of rotatable bonds is 9. The van der Waals surface area contributed by atoms with E-state index >= 15 is 0 Å². The predicted molar refractivity (Wildman–Crippen MR) is 147 cm³/mol. The minimum Gasteiger partial charge on any atom is -0.480 e. The lowest BCUT2D eigenvalue weighted by molar-refractivity contribution is 0.0827. The van der Waals surface area contributed by atoms with E-state index in [9.17, 15) is 9.18 Å². The molecule has 2 N–H and O–H groups in total. The molecule has 206 valence electrons. The average Bonchev–Trinajstić information content (AvgIpc) is 3.33. The van der Waals surface area contributed by atoms with Gasteiger partial charge in [0.15, 0.2) is 5.82 Å². The van der Waals surface area contributed by atoms with Crippen molar-refractivity contribution in [1.29, 1.82) is 0 Å². The standard InChI is InChI=1S/C27H25FN6O5S/c1-14-8-18(23-20(9-14)32-22(37-3)12-30-23)25-33-21-11-19(28)24(34-26(21)40-25)38-13-15(2)39-27(36)31-17-4-6-29-16(10-17)5-7-35/h4,6,8-12,15,35H,5,7,13H2,1-3H3,(H,29,31,36)/t15-/m1/s1. The van der Waals surface area contributed by atoms with Crippen molar-refractivity contribution in [3.05, 3.63) is 59.8 Å². The monoisotopic (exact) mass is 564 g/mol. The molecule has 0 aliphatic heterocycles. The van der Waals surface area contributed by atoms with Crippen molar-refractivity contribution in [3.63, 3.8) is 0 Å². The second kappa shape index (κ2) is 11.7. The highest BCUT2D eigenvalue weighted by Crippen LogP contribution is 2.35. The summed E-state index contributed by atoms with van der Waals surface area (Å²) >= 11 is 1.27. The van der Waals surface area contributed by atoms with Gasteiger partial charge in [-0.25, -0.2) is 24.1 Å². The number of benzene rings is 1. The van der Waals surface area contributed by atoms with Gasteiger partial charge in [-0.15, -0.1) is 0 Å². The van der Waals surface area contributed by atoms with Crippen LogP contribution >= 0.6 is 11.3 Å². The molecule has 0 saturated heterocycles. The Morgan fingerprint density at radius 3 is 2.80 bits per heavy atom. The van der Waals surface area contributed by atoms with Crippen molar-refractivity contribution in [1.82, 2.24) is 24.9 Å². The lowest BCUT2D eigenvalue weighted by atomic mass is 10.1. The first-order valence-electron chi connectivity index (χ1n) is 12.3. The molecule has 5 aromatic rings. The Hall–Kier alpha value is -4.49. The maximum absolute atomic E-state index is 14.8. The first-order chi connectivity index (χ1) is 19.3. The lowest BCUT2D eigenvalue weighted by Crippen LogP contribution is -2.25. The summed E-state index contributed by atoms with van der Waals surface area (Å²) in [5.74, 6) is -0.507. The number of fused-ring (bicyclic) bond motifs is 2. The summed E-state index contributed by atoms with van der Waals surface area (Å²) in [6.45, 7) is 3.38. The zero-order valence-electron chi connectivity index (χ0n) is 21.8. The number of thiazole rings is 1. The fourth-order valence-electron chi connectivity index (χ4n) is 3.92. The minimum atomic E-state index is -0.709. The summed E-state index contributed by atoms with van der Waals surface area (Å²) in [7, 11) is 1.53. The second-order valence-electron chi connectivity index (χ2n) is 8.87. The number of amides is 1. The number of hydrogen-bond acceptors (Lipinski definition) is 11. The van der Waals surface area contributed by atoms with E-state index in [1.165, 1.54) is 36.9 Å². The molecule has 0 unspecified atom stereocenters. The molecule has 0 bridgehead atoms. The number of halogens is 1. The van der Waals surface area contributed by atoms with Crippen molar-refractivity contribution in [2.45, 2.75) is 26.4 Å². The molecule has 1 aromatic carbocycles. The maximum Gasteiger partial charge on any atom is 0.412 e. The van der Waals surface area contributed by atoms with E-state index < -0.39 is 18.0 Å². The maximum atomic E-state index is 14.8. The molecule has 1 atom stereocenters. The summed E-state index contributed by atoms with van der Waals surface area (Å²) in [6.07, 6.45) is 2.01. The number of aryl methyl sites for hydroxylation is 1. The van der Waals surface area contributed by atoms with Gasteiger partial charge in [0.05, 0.1) is 24.3 Å². The van der Waals surface area contributed by atoms with E-state index in [-0.39, 0.29) is 19.1 Å². The molecule has 1 amide bonds. The third-order valence-electron chi connectivity index (χ3n) is 5.71. The Kier molecular flexibility index (Phi) is 7.94. The molecule has 13 heteroatoms. The Morgan fingerprint density at radius 2 is 2.00 bits per heavy atom. The zero-order valence-corrected chi connectivity index (χ0v) is 22.7. The zero-order chi connectivity index (χ0) is 28.2. The fraction of sp³-hybridized carbons (Fsp3) is 0.259. The molecule has 0 radical (unpaired) electrons. The van der Waals surface area contributed by atoms with Crippen LogP contribution in [0.5, 0.6) is 11.8 Å². The number of methoxy groups -OCH3 is 1. The van der Waals surface area contributed by atoms with Gasteiger partial charge in [-0.1, -0.05) is 11.3 Å². The van der Waals surface area contributed by atoms with Gasteiger partial charge in [-0.3, -0.25) is 10.3 Å². The van der Waals surface area contributed by atoms with Crippen LogP contribution in [-0.4, -0.2) is 62.5 Å². The molecule has 0 spiro atoms. The Morgan fingerprint density at radius 1 is 1.15 bits per heavy atom. The number of hydrogen-bond donors (Lipinski definition) is 2. The number of pyridine rings is 2. The van der Waals surface area contributed by atoms with Crippen molar-refractivity contribution in [3.8, 4) is 22.3 Å². The van der Waals surface area contributed by atoms with E-state index in [0.717, 1.165) is 11.1 Å². The molecule has 4 aromatic heterocycles. The largest absolute Gasteiger partial charge is 0.480 e. The summed E-state index contributed by atoms with van der Waals surface area (Å²) < 4.78 is 30.9. The van der Waals surface area contributed by atoms with Gasteiger partial charge < -0.3 is 19.3 Å². The van der Waals surface area contributed by atoms with E-state index in [0.29, 0.717) is 50.1 Å². The number of aromatic nitrogens is 5. The molecule has 5 rings (SSSR count). The number of aliphatic hydroxyl groups excluding tert-OH is 1. The number of carbonyl (C=O) groups is 1. The van der Waals surface area contributed by atoms with Gasteiger partial charge in [0.1, 0.15) is 28.1 Å². The number of nitrogens with zero attached hydrogens (tertiary/aromatic N) is 5. The molecule has 0 aliphatic rings. The number of anilines is 1. The van der Waals surface area contributed by atoms with Crippen LogP contribution in [0.1, 0.15) is 18.2 Å². The molecule has 40 heavy (non-hydrogen) atoms. The summed E-state index contributed by atoms with van der Waals surface area (Å²) in [6, 6.07) is 8.35. The SMILES string of the molecule is COc1cnc2c(-c3nc4cc(F)c(OC[C@@H](C)OC(=O)Nc5ccnc(CCO)c5)nc4s3)cc(C)cc2n1. The van der Waals surface area contributed by atoms with Crippen LogP contribution < -0.4 is 14.8 Å². The highest BCUT2D eigenvalue weighted by Gasteiger charge is 2.18. The van der Waals surface area contributed by atoms with Crippen molar-refractivity contribution >= 4 is 44.5 Å². The summed E-state index contributed by atoms with van der Waals surface area (Å²) in [5, 5.41) is 12.3. The third kappa shape index (κ3) is 6.05. The molecule has 0 saturated carbocycles. The van der Waals surface area contributed by atoms with Gasteiger partial charge in [0.2, 0.25) is 5.88 Å². The van der Waals surface area contributed by atoms with E-state index in [4.69, 9.17) is 19.3 Å². The molecule has 4 heterocycles. The average molecular weight is 565 g/mol. The molecular weight excluding hydrogens is 539 g/mol. The highest BCUT2D eigenvalue weighted by molar-refractivity contribution is 7.21. The Labute approximate surface area is 232 Å². The fourth-order valence-corrected chi connectivity index (χ4v) is 4.85. The van der Waals surface area contributed by atoms with Crippen LogP contribution in [0.25, 0.3) is 32.0 Å².